The number of benzene rings is 3. The van der Waals surface area contributed by atoms with Crippen molar-refractivity contribution < 1.29 is 4.79 Å². The fraction of sp³-hybridized carbons (Fsp3) is 0.276. The van der Waals surface area contributed by atoms with E-state index in [1.54, 1.807) is 0 Å². The third-order valence-electron chi connectivity index (χ3n) is 6.15. The third kappa shape index (κ3) is 5.98. The quantitative estimate of drug-likeness (QED) is 0.351. The number of nitrogens with two attached hydrogens (primary N) is 1. The first-order valence-electron chi connectivity index (χ1n) is 12.4. The van der Waals surface area contributed by atoms with Gasteiger partial charge in [-0.25, -0.2) is 9.66 Å². The molecule has 0 unspecified atom stereocenters. The zero-order valence-corrected chi connectivity index (χ0v) is 20.9. The summed E-state index contributed by atoms with van der Waals surface area (Å²) in [6.07, 6.45) is 1.91. The Balaban J connectivity index is 1.58. The number of hydrogen-bond donors (Lipinski definition) is 2. The summed E-state index contributed by atoms with van der Waals surface area (Å²) in [4.78, 5) is 33.3. The maximum Gasteiger partial charge on any atom is 0.280 e. The lowest BCUT2D eigenvalue weighted by molar-refractivity contribution is 0.0752. The first-order chi connectivity index (χ1) is 17.5. The molecule has 0 saturated carbocycles. The molecule has 0 saturated heterocycles. The van der Waals surface area contributed by atoms with Gasteiger partial charge in [-0.15, -0.1) is 0 Å². The van der Waals surface area contributed by atoms with Crippen LogP contribution in [0.5, 0.6) is 0 Å². The number of hydrogen-bond acceptors (Lipinski definition) is 5. The molecule has 0 aliphatic rings. The van der Waals surface area contributed by atoms with Crippen LogP contribution in [0.1, 0.15) is 40.2 Å². The van der Waals surface area contributed by atoms with Crippen molar-refractivity contribution in [2.75, 3.05) is 25.1 Å². The molecular formula is C29H33N5O2. The highest BCUT2D eigenvalue weighted by atomic mass is 16.2. The van der Waals surface area contributed by atoms with Crippen LogP contribution >= 0.6 is 0 Å². The zero-order chi connectivity index (χ0) is 25.5. The van der Waals surface area contributed by atoms with Crippen LogP contribution in [-0.4, -0.2) is 40.1 Å². The molecule has 36 heavy (non-hydrogen) atoms. The lowest BCUT2D eigenvalue weighted by Crippen LogP contribution is -2.35. The van der Waals surface area contributed by atoms with Gasteiger partial charge in [0.25, 0.3) is 11.5 Å². The van der Waals surface area contributed by atoms with Crippen LogP contribution in [-0.2, 0) is 6.42 Å². The average molecular weight is 484 g/mol. The number of aryl methyl sites for hydroxylation is 3. The Hall–Kier alpha value is -3.97. The van der Waals surface area contributed by atoms with Crippen LogP contribution in [0.3, 0.4) is 0 Å². The second kappa shape index (κ2) is 11.6. The number of amides is 1. The Kier molecular flexibility index (Phi) is 8.13. The molecule has 0 radical (unpaired) electrons. The SMILES string of the molecule is Cc1ccc(C(=O)N(CCCN)CCCc2nc3ccc(C)cc3c(=O)n2Nc2ccccc2)cc1. The topological polar surface area (TPSA) is 93.2 Å². The lowest BCUT2D eigenvalue weighted by atomic mass is 10.1. The van der Waals surface area contributed by atoms with Crippen LogP contribution in [0.4, 0.5) is 5.69 Å². The third-order valence-corrected chi connectivity index (χ3v) is 6.15. The minimum absolute atomic E-state index is 0.00908. The van der Waals surface area contributed by atoms with Crippen molar-refractivity contribution in [2.24, 2.45) is 5.73 Å². The molecule has 0 atom stereocenters. The van der Waals surface area contributed by atoms with Crippen LogP contribution in [0.15, 0.2) is 77.6 Å². The van der Waals surface area contributed by atoms with Gasteiger partial charge >= 0.3 is 0 Å². The van der Waals surface area contributed by atoms with Gasteiger partial charge in [0.1, 0.15) is 5.82 Å². The van der Waals surface area contributed by atoms with Crippen LogP contribution in [0.2, 0.25) is 0 Å². The maximum atomic E-state index is 13.4. The first kappa shape index (κ1) is 25.1. The Morgan fingerprint density at radius 3 is 2.36 bits per heavy atom. The highest BCUT2D eigenvalue weighted by Gasteiger charge is 2.17. The van der Waals surface area contributed by atoms with Crippen LogP contribution < -0.4 is 16.7 Å². The Morgan fingerprint density at radius 2 is 1.64 bits per heavy atom. The van der Waals surface area contributed by atoms with Gasteiger partial charge in [-0.2, -0.15) is 0 Å². The van der Waals surface area contributed by atoms with E-state index in [-0.39, 0.29) is 11.5 Å². The maximum absolute atomic E-state index is 13.4. The highest BCUT2D eigenvalue weighted by molar-refractivity contribution is 5.94. The minimum Gasteiger partial charge on any atom is -0.339 e. The molecule has 1 amide bonds. The molecule has 1 aromatic heterocycles. The van der Waals surface area contributed by atoms with Gasteiger partial charge in [-0.1, -0.05) is 47.5 Å². The fourth-order valence-corrected chi connectivity index (χ4v) is 4.17. The summed E-state index contributed by atoms with van der Waals surface area (Å²) in [5.74, 6) is 0.618. The van der Waals surface area contributed by atoms with E-state index in [2.05, 4.69) is 5.43 Å². The van der Waals surface area contributed by atoms with E-state index < -0.39 is 0 Å². The molecule has 0 spiro atoms. The summed E-state index contributed by atoms with van der Waals surface area (Å²) in [5.41, 5.74) is 13.1. The number of rotatable bonds is 10. The molecule has 4 rings (SSSR count). The zero-order valence-electron chi connectivity index (χ0n) is 20.9. The van der Waals surface area contributed by atoms with E-state index in [0.717, 1.165) is 23.2 Å². The minimum atomic E-state index is -0.140. The second-order valence-corrected chi connectivity index (χ2v) is 9.07. The van der Waals surface area contributed by atoms with E-state index in [9.17, 15) is 9.59 Å². The summed E-state index contributed by atoms with van der Waals surface area (Å²) in [6.45, 7) is 5.61. The summed E-state index contributed by atoms with van der Waals surface area (Å²) >= 11 is 0. The molecule has 0 aliphatic heterocycles. The van der Waals surface area contributed by atoms with Gasteiger partial charge < -0.3 is 10.6 Å². The largest absolute Gasteiger partial charge is 0.339 e. The molecule has 0 fully saturated rings. The van der Waals surface area contributed by atoms with Crippen LogP contribution in [0, 0.1) is 13.8 Å². The van der Waals surface area contributed by atoms with Crippen molar-refractivity contribution in [3.63, 3.8) is 0 Å². The van der Waals surface area contributed by atoms with E-state index in [4.69, 9.17) is 10.7 Å². The molecule has 3 N–H and O–H groups in total. The van der Waals surface area contributed by atoms with Crippen LogP contribution in [0.25, 0.3) is 10.9 Å². The average Bonchev–Trinajstić information content (AvgIpc) is 2.89. The number of para-hydroxylation sites is 1. The molecule has 0 aliphatic carbocycles. The number of anilines is 1. The monoisotopic (exact) mass is 483 g/mol. The number of aromatic nitrogens is 2. The standard InChI is InChI=1S/C29H33N5O2/c1-21-11-14-23(15-12-21)28(35)33(19-7-17-30)18-6-10-27-31-26-16-13-22(2)20-25(26)29(36)34(27)32-24-8-4-3-5-9-24/h3-5,8-9,11-16,20,32H,6-7,10,17-19,30H2,1-2H3. The van der Waals surface area contributed by atoms with Gasteiger partial charge in [0.15, 0.2) is 0 Å². The molecule has 186 valence electrons. The second-order valence-electron chi connectivity index (χ2n) is 9.07. The number of carbonyl (C=O) groups is 1. The predicted molar refractivity (Wildman–Crippen MR) is 145 cm³/mol. The Morgan fingerprint density at radius 1 is 0.944 bits per heavy atom. The molecule has 4 aromatic rings. The highest BCUT2D eigenvalue weighted by Crippen LogP contribution is 2.15. The van der Waals surface area contributed by atoms with Crippen molar-refractivity contribution in [1.29, 1.82) is 0 Å². The summed E-state index contributed by atoms with van der Waals surface area (Å²) in [7, 11) is 0. The number of nitrogens with zero attached hydrogens (tertiary/aromatic N) is 3. The van der Waals surface area contributed by atoms with Gasteiger partial charge in [-0.3, -0.25) is 15.0 Å². The van der Waals surface area contributed by atoms with Gasteiger partial charge in [0.2, 0.25) is 0 Å². The van der Waals surface area contributed by atoms with Crippen molar-refractivity contribution in [3.8, 4) is 0 Å². The summed E-state index contributed by atoms with van der Waals surface area (Å²) < 4.78 is 1.53. The van der Waals surface area contributed by atoms with Crippen molar-refractivity contribution in [3.05, 3.63) is 106 Å². The van der Waals surface area contributed by atoms with E-state index >= 15 is 0 Å². The number of nitrogens with one attached hydrogen (secondary N) is 1. The Labute approximate surface area is 211 Å². The van der Waals surface area contributed by atoms with Gasteiger partial charge in [0.05, 0.1) is 16.6 Å². The molecule has 7 nitrogen and oxygen atoms in total. The number of carbonyl (C=O) groups excluding carboxylic acids is 1. The van der Waals surface area contributed by atoms with Crippen molar-refractivity contribution >= 4 is 22.5 Å². The van der Waals surface area contributed by atoms with Crippen molar-refractivity contribution in [1.82, 2.24) is 14.6 Å². The summed E-state index contributed by atoms with van der Waals surface area (Å²) in [6, 6.07) is 22.9. The van der Waals surface area contributed by atoms with Crippen molar-refractivity contribution in [2.45, 2.75) is 33.1 Å². The normalized spacial score (nSPS) is 11.0. The predicted octanol–water partition coefficient (Wildman–Crippen LogP) is 4.31. The first-order valence-corrected chi connectivity index (χ1v) is 12.4. The molecule has 3 aromatic carbocycles. The smallest absolute Gasteiger partial charge is 0.280 e. The lowest BCUT2D eigenvalue weighted by Gasteiger charge is -2.23. The fourth-order valence-electron chi connectivity index (χ4n) is 4.17. The molecule has 7 heteroatoms. The molecular weight excluding hydrogens is 450 g/mol. The van der Waals surface area contributed by atoms with Gasteiger partial charge in [-0.05, 0) is 69.6 Å². The van der Waals surface area contributed by atoms with E-state index in [1.165, 1.54) is 4.68 Å². The summed E-state index contributed by atoms with van der Waals surface area (Å²) in [5, 5.41) is 0.571. The number of fused-ring (bicyclic) bond motifs is 1. The molecule has 1 heterocycles. The van der Waals surface area contributed by atoms with E-state index in [0.29, 0.717) is 54.8 Å². The van der Waals surface area contributed by atoms with E-state index in [1.807, 2.05) is 91.5 Å². The Bertz CT molecular complexity index is 1380. The molecule has 0 bridgehead atoms. The van der Waals surface area contributed by atoms with Gasteiger partial charge in [0, 0.05) is 25.1 Å².